The lowest BCUT2D eigenvalue weighted by Gasteiger charge is -2.12. The number of aryl methyl sites for hydroxylation is 1. The number of nitrogens with one attached hydrogen (secondary N) is 1. The fourth-order valence-corrected chi connectivity index (χ4v) is 3.30. The topological polar surface area (TPSA) is 75.7 Å². The fourth-order valence-electron chi connectivity index (χ4n) is 2.40. The molecule has 146 valence electrons. The maximum atomic E-state index is 12.0. The monoisotopic (exact) mass is 390 g/mol. The van der Waals surface area contributed by atoms with Crippen LogP contribution in [0.3, 0.4) is 0 Å². The molecule has 27 heavy (non-hydrogen) atoms. The van der Waals surface area contributed by atoms with Crippen LogP contribution in [-0.2, 0) is 21.2 Å². The second-order valence-corrected chi connectivity index (χ2v) is 8.55. The molecule has 0 saturated carbocycles. The summed E-state index contributed by atoms with van der Waals surface area (Å²) in [4.78, 5) is 12.2. The Morgan fingerprint density at radius 1 is 1.04 bits per heavy atom. The van der Waals surface area contributed by atoms with Gasteiger partial charge in [0.1, 0.15) is 5.75 Å². The third-order valence-electron chi connectivity index (χ3n) is 4.03. The van der Waals surface area contributed by atoms with Crippen molar-refractivity contribution in [1.82, 2.24) is 4.31 Å². The maximum Gasteiger partial charge on any atom is 0.262 e. The molecular formula is C20H26N2O4S. The number of rotatable bonds is 9. The summed E-state index contributed by atoms with van der Waals surface area (Å²) in [5.41, 5.74) is 1.97. The molecule has 0 atom stereocenters. The predicted octanol–water partition coefficient (Wildman–Crippen LogP) is 3.30. The van der Waals surface area contributed by atoms with Gasteiger partial charge in [0.2, 0.25) is 10.0 Å². The second kappa shape index (κ2) is 9.53. The van der Waals surface area contributed by atoms with Crippen LogP contribution in [0.25, 0.3) is 0 Å². The molecule has 0 radical (unpaired) electrons. The van der Waals surface area contributed by atoms with Crippen molar-refractivity contribution >= 4 is 21.6 Å². The standard InChI is InChI=1S/C20H26N2O4S/c1-4-5-6-16-7-9-17(10-8-16)21-20(23)15-26-18-11-13-19(14-12-18)27(24,25)22(2)3/h7-14H,4-6,15H2,1-3H3,(H,21,23). The fraction of sp³-hybridized carbons (Fsp3) is 0.350. The summed E-state index contributed by atoms with van der Waals surface area (Å²) in [6, 6.07) is 13.8. The first-order valence-corrected chi connectivity index (χ1v) is 10.3. The highest BCUT2D eigenvalue weighted by Crippen LogP contribution is 2.18. The van der Waals surface area contributed by atoms with Crippen molar-refractivity contribution in [3.05, 3.63) is 54.1 Å². The van der Waals surface area contributed by atoms with Gasteiger partial charge < -0.3 is 10.1 Å². The number of amides is 1. The minimum absolute atomic E-state index is 0.155. The first-order valence-electron chi connectivity index (χ1n) is 8.87. The van der Waals surface area contributed by atoms with Crippen LogP contribution in [0.4, 0.5) is 5.69 Å². The third kappa shape index (κ3) is 6.08. The van der Waals surface area contributed by atoms with E-state index in [-0.39, 0.29) is 17.4 Å². The normalized spacial score (nSPS) is 11.4. The van der Waals surface area contributed by atoms with E-state index in [0.717, 1.165) is 29.3 Å². The number of ether oxygens (including phenoxy) is 1. The molecule has 0 aliphatic heterocycles. The van der Waals surface area contributed by atoms with Gasteiger partial charge in [0.25, 0.3) is 5.91 Å². The molecule has 0 unspecified atom stereocenters. The molecule has 0 bridgehead atoms. The number of nitrogens with zero attached hydrogens (tertiary/aromatic N) is 1. The average molecular weight is 391 g/mol. The van der Waals surface area contributed by atoms with Gasteiger partial charge in [-0.1, -0.05) is 25.5 Å². The Kier molecular flexibility index (Phi) is 7.38. The summed E-state index contributed by atoms with van der Waals surface area (Å²) in [6.45, 7) is 2.00. The Bertz CT molecular complexity index is 845. The van der Waals surface area contributed by atoms with Gasteiger partial charge in [0.15, 0.2) is 6.61 Å². The molecule has 2 aromatic rings. The van der Waals surface area contributed by atoms with Crippen molar-refractivity contribution in [1.29, 1.82) is 0 Å². The zero-order valence-corrected chi connectivity index (χ0v) is 16.8. The molecule has 2 aromatic carbocycles. The molecule has 0 aromatic heterocycles. The van der Waals surface area contributed by atoms with Crippen LogP contribution in [0.5, 0.6) is 5.75 Å². The van der Waals surface area contributed by atoms with Gasteiger partial charge in [-0.05, 0) is 54.8 Å². The highest BCUT2D eigenvalue weighted by molar-refractivity contribution is 7.89. The largest absolute Gasteiger partial charge is 0.484 e. The van der Waals surface area contributed by atoms with Crippen molar-refractivity contribution in [2.75, 3.05) is 26.0 Å². The molecular weight excluding hydrogens is 364 g/mol. The molecule has 0 saturated heterocycles. The van der Waals surface area contributed by atoms with Crippen molar-refractivity contribution < 1.29 is 17.9 Å². The number of sulfonamides is 1. The lowest BCUT2D eigenvalue weighted by molar-refractivity contribution is -0.118. The molecule has 1 N–H and O–H groups in total. The van der Waals surface area contributed by atoms with E-state index < -0.39 is 10.0 Å². The number of unbranched alkanes of at least 4 members (excludes halogenated alkanes) is 1. The molecule has 7 heteroatoms. The highest BCUT2D eigenvalue weighted by atomic mass is 32.2. The zero-order chi connectivity index (χ0) is 19.9. The quantitative estimate of drug-likeness (QED) is 0.713. The van der Waals surface area contributed by atoms with Gasteiger partial charge >= 0.3 is 0 Å². The summed E-state index contributed by atoms with van der Waals surface area (Å²) in [6.07, 6.45) is 3.33. The highest BCUT2D eigenvalue weighted by Gasteiger charge is 2.16. The molecule has 0 aliphatic rings. The van der Waals surface area contributed by atoms with E-state index in [0.29, 0.717) is 5.75 Å². The van der Waals surface area contributed by atoms with E-state index in [2.05, 4.69) is 12.2 Å². The van der Waals surface area contributed by atoms with E-state index in [1.165, 1.54) is 43.9 Å². The molecule has 0 fully saturated rings. The summed E-state index contributed by atoms with van der Waals surface area (Å²) < 4.78 is 30.6. The number of hydrogen-bond donors (Lipinski definition) is 1. The third-order valence-corrected chi connectivity index (χ3v) is 5.86. The number of benzene rings is 2. The minimum Gasteiger partial charge on any atom is -0.484 e. The second-order valence-electron chi connectivity index (χ2n) is 6.40. The molecule has 0 spiro atoms. The minimum atomic E-state index is -3.48. The molecule has 1 amide bonds. The van der Waals surface area contributed by atoms with Crippen LogP contribution in [0.1, 0.15) is 25.3 Å². The van der Waals surface area contributed by atoms with Crippen LogP contribution >= 0.6 is 0 Å². The zero-order valence-electron chi connectivity index (χ0n) is 15.9. The van der Waals surface area contributed by atoms with E-state index in [4.69, 9.17) is 4.74 Å². The van der Waals surface area contributed by atoms with Gasteiger partial charge in [-0.3, -0.25) is 4.79 Å². The van der Waals surface area contributed by atoms with Gasteiger partial charge in [-0.15, -0.1) is 0 Å². The number of anilines is 1. The molecule has 0 aliphatic carbocycles. The SMILES string of the molecule is CCCCc1ccc(NC(=O)COc2ccc(S(=O)(=O)N(C)C)cc2)cc1. The van der Waals surface area contributed by atoms with E-state index in [1.807, 2.05) is 24.3 Å². The van der Waals surface area contributed by atoms with E-state index in [9.17, 15) is 13.2 Å². The Labute approximate surface area is 161 Å². The smallest absolute Gasteiger partial charge is 0.262 e. The summed E-state index contributed by atoms with van der Waals surface area (Å²) >= 11 is 0. The van der Waals surface area contributed by atoms with Crippen LogP contribution in [0, 0.1) is 0 Å². The van der Waals surface area contributed by atoms with Crippen molar-refractivity contribution in [3.63, 3.8) is 0 Å². The van der Waals surface area contributed by atoms with Gasteiger partial charge in [0.05, 0.1) is 4.90 Å². The number of carbonyl (C=O) groups is 1. The van der Waals surface area contributed by atoms with Gasteiger partial charge in [-0.25, -0.2) is 12.7 Å². The summed E-state index contributed by atoms with van der Waals surface area (Å²) in [7, 11) is -0.531. The lowest BCUT2D eigenvalue weighted by atomic mass is 10.1. The summed E-state index contributed by atoms with van der Waals surface area (Å²) in [5, 5.41) is 2.78. The average Bonchev–Trinajstić information content (AvgIpc) is 2.66. The van der Waals surface area contributed by atoms with Crippen LogP contribution in [0.2, 0.25) is 0 Å². The van der Waals surface area contributed by atoms with Crippen molar-refractivity contribution in [2.45, 2.75) is 31.1 Å². The number of carbonyl (C=O) groups excluding carboxylic acids is 1. The first-order chi connectivity index (χ1) is 12.8. The first kappa shape index (κ1) is 20.9. The Hall–Kier alpha value is -2.38. The van der Waals surface area contributed by atoms with E-state index in [1.54, 1.807) is 0 Å². The predicted molar refractivity (Wildman–Crippen MR) is 106 cm³/mol. The van der Waals surface area contributed by atoms with Crippen molar-refractivity contribution in [3.8, 4) is 5.75 Å². The van der Waals surface area contributed by atoms with Crippen LogP contribution < -0.4 is 10.1 Å². The van der Waals surface area contributed by atoms with Crippen molar-refractivity contribution in [2.24, 2.45) is 0 Å². The Balaban J connectivity index is 1.86. The molecule has 6 nitrogen and oxygen atoms in total. The van der Waals surface area contributed by atoms with Crippen LogP contribution in [0.15, 0.2) is 53.4 Å². The Morgan fingerprint density at radius 2 is 1.67 bits per heavy atom. The number of hydrogen-bond acceptors (Lipinski definition) is 4. The van der Waals surface area contributed by atoms with E-state index >= 15 is 0 Å². The summed E-state index contributed by atoms with van der Waals surface area (Å²) in [5.74, 6) is 0.152. The Morgan fingerprint density at radius 3 is 2.22 bits per heavy atom. The molecule has 0 heterocycles. The van der Waals surface area contributed by atoms with Gasteiger partial charge in [0, 0.05) is 19.8 Å². The molecule has 2 rings (SSSR count). The lowest BCUT2D eigenvalue weighted by Crippen LogP contribution is -2.22. The van der Waals surface area contributed by atoms with Gasteiger partial charge in [-0.2, -0.15) is 0 Å². The van der Waals surface area contributed by atoms with Crippen LogP contribution in [-0.4, -0.2) is 39.3 Å². The maximum absolute atomic E-state index is 12.0.